The normalized spacial score (nSPS) is 11.4. The number of hydrogen-bond acceptors (Lipinski definition) is 6. The molecule has 0 aliphatic carbocycles. The van der Waals surface area contributed by atoms with Crippen LogP contribution in [0.5, 0.6) is 11.5 Å². The van der Waals surface area contributed by atoms with Crippen LogP contribution in [-0.2, 0) is 15.8 Å². The zero-order valence-corrected chi connectivity index (χ0v) is 18.0. The van der Waals surface area contributed by atoms with Gasteiger partial charge in [0.1, 0.15) is 11.5 Å². The van der Waals surface area contributed by atoms with Gasteiger partial charge in [0.05, 0.1) is 20.8 Å². The third-order valence-electron chi connectivity index (χ3n) is 4.56. The molecule has 3 aromatic carbocycles. The first-order chi connectivity index (χ1) is 15.7. The number of fused-ring (bicyclic) bond motifs is 1. The molecule has 0 fully saturated rings. The number of rotatable bonds is 5. The van der Waals surface area contributed by atoms with Gasteiger partial charge < -0.3 is 15.8 Å². The van der Waals surface area contributed by atoms with Crippen molar-refractivity contribution in [1.82, 2.24) is 4.98 Å². The number of nitrogens with one attached hydrogen (secondary N) is 1. The Morgan fingerprint density at radius 1 is 1.09 bits per heavy atom. The standard InChI is InChI=1S/C22H13ClF3N3O3S/c23-14-6-8-16(28-18(31)10-30)19(20(14)22(24,25)26)11-1-3-12(4-2-11)32-13-5-7-15-17(9-13)33-21(27)29-15/h1-10H,(H2,27,29)(H,28,31). The van der Waals surface area contributed by atoms with Crippen LogP contribution >= 0.6 is 22.9 Å². The zero-order valence-electron chi connectivity index (χ0n) is 16.4. The summed E-state index contributed by atoms with van der Waals surface area (Å²) in [6, 6.07) is 13.2. The quantitative estimate of drug-likeness (QED) is 0.258. The number of halogens is 4. The van der Waals surface area contributed by atoms with Crippen LogP contribution in [0.15, 0.2) is 54.6 Å². The van der Waals surface area contributed by atoms with Crippen molar-refractivity contribution < 1.29 is 27.5 Å². The summed E-state index contributed by atoms with van der Waals surface area (Å²) in [5, 5.41) is 2.04. The van der Waals surface area contributed by atoms with Crippen molar-refractivity contribution in [1.29, 1.82) is 0 Å². The summed E-state index contributed by atoms with van der Waals surface area (Å²) < 4.78 is 48.0. The lowest BCUT2D eigenvalue weighted by atomic mass is 9.96. The molecule has 0 spiro atoms. The van der Waals surface area contributed by atoms with Gasteiger partial charge in [-0.3, -0.25) is 9.59 Å². The first kappa shape index (κ1) is 22.6. The second-order valence-corrected chi connectivity index (χ2v) is 8.23. The number of amides is 1. The Morgan fingerprint density at radius 3 is 2.45 bits per heavy atom. The lowest BCUT2D eigenvalue weighted by molar-refractivity contribution is -0.137. The van der Waals surface area contributed by atoms with E-state index in [0.717, 1.165) is 16.3 Å². The van der Waals surface area contributed by atoms with Gasteiger partial charge in [-0.25, -0.2) is 4.98 Å². The first-order valence-electron chi connectivity index (χ1n) is 9.26. The smallest absolute Gasteiger partial charge is 0.418 e. The number of nitrogens with two attached hydrogens (primary N) is 1. The first-order valence-corrected chi connectivity index (χ1v) is 10.5. The minimum atomic E-state index is -4.81. The van der Waals surface area contributed by atoms with E-state index < -0.39 is 22.7 Å². The van der Waals surface area contributed by atoms with Gasteiger partial charge in [0.25, 0.3) is 5.91 Å². The number of benzene rings is 3. The number of aldehydes is 1. The van der Waals surface area contributed by atoms with Gasteiger partial charge in [0, 0.05) is 17.3 Å². The molecule has 6 nitrogen and oxygen atoms in total. The van der Waals surface area contributed by atoms with Crippen molar-refractivity contribution >= 4 is 56.2 Å². The second kappa shape index (κ2) is 8.72. The molecule has 168 valence electrons. The van der Waals surface area contributed by atoms with Crippen molar-refractivity contribution in [3.05, 3.63) is 65.2 Å². The molecule has 0 aliphatic rings. The van der Waals surface area contributed by atoms with Crippen molar-refractivity contribution in [2.75, 3.05) is 11.1 Å². The highest BCUT2D eigenvalue weighted by Gasteiger charge is 2.37. The summed E-state index contributed by atoms with van der Waals surface area (Å²) in [5.41, 5.74) is 4.85. The molecular formula is C22H13ClF3N3O3S. The molecule has 0 saturated heterocycles. The fourth-order valence-electron chi connectivity index (χ4n) is 3.23. The molecule has 0 saturated carbocycles. The molecule has 0 atom stereocenters. The van der Waals surface area contributed by atoms with Gasteiger partial charge in [0.2, 0.25) is 6.29 Å². The van der Waals surface area contributed by atoms with Crippen molar-refractivity contribution in [2.45, 2.75) is 6.18 Å². The van der Waals surface area contributed by atoms with Gasteiger partial charge in [-0.15, -0.1) is 0 Å². The maximum atomic E-state index is 13.8. The van der Waals surface area contributed by atoms with E-state index in [-0.39, 0.29) is 23.1 Å². The van der Waals surface area contributed by atoms with E-state index in [9.17, 15) is 22.8 Å². The highest BCUT2D eigenvalue weighted by molar-refractivity contribution is 7.22. The number of hydrogen-bond donors (Lipinski definition) is 2. The van der Waals surface area contributed by atoms with Crippen LogP contribution in [0.4, 0.5) is 24.0 Å². The monoisotopic (exact) mass is 491 g/mol. The van der Waals surface area contributed by atoms with E-state index in [1.165, 1.54) is 41.7 Å². The van der Waals surface area contributed by atoms with Crippen molar-refractivity contribution in [3.8, 4) is 22.6 Å². The predicted molar refractivity (Wildman–Crippen MR) is 121 cm³/mol. The Hall–Kier alpha value is -3.63. The van der Waals surface area contributed by atoms with Gasteiger partial charge in [-0.05, 0) is 42.0 Å². The van der Waals surface area contributed by atoms with Crippen molar-refractivity contribution in [3.63, 3.8) is 0 Å². The van der Waals surface area contributed by atoms with Crippen LogP contribution in [-0.4, -0.2) is 17.2 Å². The summed E-state index contributed by atoms with van der Waals surface area (Å²) in [4.78, 5) is 26.4. The Bertz CT molecular complexity index is 1370. The second-order valence-electron chi connectivity index (χ2n) is 6.76. The molecule has 11 heteroatoms. The number of thiazole rings is 1. The summed E-state index contributed by atoms with van der Waals surface area (Å²) >= 11 is 7.15. The Morgan fingerprint density at radius 2 is 1.79 bits per heavy atom. The lowest BCUT2D eigenvalue weighted by Crippen LogP contribution is -2.16. The Labute approximate surface area is 193 Å². The number of aromatic nitrogens is 1. The summed E-state index contributed by atoms with van der Waals surface area (Å²) in [7, 11) is 0. The molecule has 4 aromatic rings. The highest BCUT2D eigenvalue weighted by Crippen LogP contribution is 2.45. The minimum Gasteiger partial charge on any atom is -0.457 e. The largest absolute Gasteiger partial charge is 0.457 e. The molecule has 1 heterocycles. The number of carbonyl (C=O) groups excluding carboxylic acids is 2. The van der Waals surface area contributed by atoms with E-state index in [2.05, 4.69) is 10.3 Å². The van der Waals surface area contributed by atoms with Gasteiger partial charge >= 0.3 is 6.18 Å². The lowest BCUT2D eigenvalue weighted by Gasteiger charge is -2.19. The van der Waals surface area contributed by atoms with Crippen LogP contribution in [0, 0.1) is 0 Å². The third-order valence-corrected chi connectivity index (χ3v) is 5.72. The molecular weight excluding hydrogens is 479 g/mol. The van der Waals surface area contributed by atoms with E-state index in [1.54, 1.807) is 18.2 Å². The summed E-state index contributed by atoms with van der Waals surface area (Å²) in [6.07, 6.45) is -4.84. The molecule has 0 bridgehead atoms. The minimum absolute atomic E-state index is 0.0316. The SMILES string of the molecule is Nc1nc2ccc(Oc3ccc(-c4c(NC(=O)C=O)ccc(Cl)c4C(F)(F)F)cc3)cc2s1. The molecule has 4 rings (SSSR count). The number of anilines is 2. The average molecular weight is 492 g/mol. The number of alkyl halides is 3. The predicted octanol–water partition coefficient (Wildman–Crippen LogP) is 6.15. The van der Waals surface area contributed by atoms with E-state index in [4.69, 9.17) is 22.1 Å². The third kappa shape index (κ3) is 4.76. The fourth-order valence-corrected chi connectivity index (χ4v) is 4.26. The van der Waals surface area contributed by atoms with Gasteiger partial charge in [-0.2, -0.15) is 13.2 Å². The van der Waals surface area contributed by atoms with Crippen LogP contribution in [0.2, 0.25) is 5.02 Å². The van der Waals surface area contributed by atoms with Crippen LogP contribution < -0.4 is 15.8 Å². The van der Waals surface area contributed by atoms with E-state index >= 15 is 0 Å². The average Bonchev–Trinajstić information content (AvgIpc) is 3.13. The maximum Gasteiger partial charge on any atom is 0.418 e. The van der Waals surface area contributed by atoms with Crippen LogP contribution in [0.3, 0.4) is 0 Å². The van der Waals surface area contributed by atoms with Crippen LogP contribution in [0.1, 0.15) is 5.56 Å². The molecule has 1 aromatic heterocycles. The number of ether oxygens (including phenoxy) is 1. The molecule has 0 radical (unpaired) electrons. The number of nitrogens with zero attached hydrogens (tertiary/aromatic N) is 1. The molecule has 0 unspecified atom stereocenters. The van der Waals surface area contributed by atoms with E-state index in [1.807, 2.05) is 0 Å². The Kier molecular flexibility index (Phi) is 5.96. The van der Waals surface area contributed by atoms with Crippen molar-refractivity contribution in [2.24, 2.45) is 0 Å². The number of nitrogen functional groups attached to an aromatic ring is 1. The van der Waals surface area contributed by atoms with Gasteiger partial charge in [-0.1, -0.05) is 35.1 Å². The van der Waals surface area contributed by atoms with E-state index in [0.29, 0.717) is 16.6 Å². The fraction of sp³-hybridized carbons (Fsp3) is 0.0455. The van der Waals surface area contributed by atoms with Gasteiger partial charge in [0.15, 0.2) is 5.13 Å². The molecule has 3 N–H and O–H groups in total. The molecule has 1 amide bonds. The summed E-state index contributed by atoms with van der Waals surface area (Å²) in [6.45, 7) is 0. The zero-order chi connectivity index (χ0) is 23.8. The van der Waals surface area contributed by atoms with Crippen LogP contribution in [0.25, 0.3) is 21.3 Å². The summed E-state index contributed by atoms with van der Waals surface area (Å²) in [5.74, 6) is -0.230. The highest BCUT2D eigenvalue weighted by atomic mass is 35.5. The number of carbonyl (C=O) groups is 2. The Balaban J connectivity index is 1.71. The molecule has 0 aliphatic heterocycles. The molecule has 33 heavy (non-hydrogen) atoms. The maximum absolute atomic E-state index is 13.8. The topological polar surface area (TPSA) is 94.3 Å².